The molecule has 0 aromatic rings. The van der Waals surface area contributed by atoms with E-state index in [4.69, 9.17) is 9.47 Å². The van der Waals surface area contributed by atoms with Crippen molar-refractivity contribution in [3.05, 3.63) is 0 Å². The lowest BCUT2D eigenvalue weighted by Crippen LogP contribution is -2.56. The molecule has 0 N–H and O–H groups in total. The maximum atomic E-state index is 12.8. The Hall–Kier alpha value is -1.39. The van der Waals surface area contributed by atoms with Gasteiger partial charge in [0.1, 0.15) is 5.78 Å². The van der Waals surface area contributed by atoms with Crippen LogP contribution in [0.15, 0.2) is 0 Å². The van der Waals surface area contributed by atoms with Gasteiger partial charge < -0.3 is 9.47 Å². The van der Waals surface area contributed by atoms with Crippen molar-refractivity contribution in [1.29, 1.82) is 0 Å². The van der Waals surface area contributed by atoms with Crippen molar-refractivity contribution in [2.45, 2.75) is 59.3 Å². The zero-order chi connectivity index (χ0) is 18.1. The molecule has 5 heteroatoms. The van der Waals surface area contributed by atoms with Gasteiger partial charge >= 0.3 is 11.9 Å². The van der Waals surface area contributed by atoms with Gasteiger partial charge in [-0.05, 0) is 36.0 Å². The first kappa shape index (κ1) is 18.9. The van der Waals surface area contributed by atoms with Crippen LogP contribution >= 0.6 is 0 Å². The molecule has 0 radical (unpaired) electrons. The van der Waals surface area contributed by atoms with E-state index in [9.17, 15) is 14.4 Å². The lowest BCUT2D eigenvalue weighted by Gasteiger charge is -2.60. The van der Waals surface area contributed by atoms with Gasteiger partial charge in [-0.25, -0.2) is 0 Å². The summed E-state index contributed by atoms with van der Waals surface area (Å²) in [5.74, 6) is -1.86. The van der Waals surface area contributed by atoms with E-state index in [2.05, 4.69) is 20.8 Å². The first-order valence-corrected chi connectivity index (χ1v) is 8.89. The Kier molecular flexibility index (Phi) is 5.41. The molecule has 2 aliphatic carbocycles. The zero-order valence-electron chi connectivity index (χ0n) is 15.5. The van der Waals surface area contributed by atoms with Crippen LogP contribution in [-0.2, 0) is 23.9 Å². The second-order valence-electron chi connectivity index (χ2n) is 7.98. The van der Waals surface area contributed by atoms with Crippen molar-refractivity contribution in [3.8, 4) is 0 Å². The monoisotopic (exact) mass is 338 g/mol. The van der Waals surface area contributed by atoms with Gasteiger partial charge in [-0.1, -0.05) is 33.6 Å². The van der Waals surface area contributed by atoms with Crippen LogP contribution in [0.25, 0.3) is 0 Å². The molecule has 0 amide bonds. The Morgan fingerprint density at radius 1 is 1.12 bits per heavy atom. The number of Topliss-reactive ketones (excluding diaryl/α,β-unsaturated/α-hetero) is 1. The van der Waals surface area contributed by atoms with E-state index in [-0.39, 0.29) is 29.0 Å². The molecule has 2 fully saturated rings. The molecule has 0 aromatic heterocycles. The third kappa shape index (κ3) is 2.86. The molecule has 0 spiro atoms. The summed E-state index contributed by atoms with van der Waals surface area (Å²) in [5.41, 5.74) is -0.138. The largest absolute Gasteiger partial charge is 0.468 e. The van der Waals surface area contributed by atoms with Crippen molar-refractivity contribution in [1.82, 2.24) is 0 Å². The molecular formula is C19H30O5. The third-order valence-corrected chi connectivity index (χ3v) is 7.22. The fourth-order valence-electron chi connectivity index (χ4n) is 5.16. The summed E-state index contributed by atoms with van der Waals surface area (Å²) < 4.78 is 9.55. The summed E-state index contributed by atoms with van der Waals surface area (Å²) in [4.78, 5) is 36.9. The van der Waals surface area contributed by atoms with E-state index < -0.39 is 17.9 Å². The van der Waals surface area contributed by atoms with Gasteiger partial charge in [0.05, 0.1) is 14.2 Å². The van der Waals surface area contributed by atoms with Gasteiger partial charge in [0.15, 0.2) is 5.92 Å². The first-order valence-electron chi connectivity index (χ1n) is 8.89. The Bertz CT molecular complexity index is 512. The number of rotatable bonds is 4. The molecule has 0 saturated heterocycles. The zero-order valence-corrected chi connectivity index (χ0v) is 15.5. The van der Waals surface area contributed by atoms with Crippen molar-refractivity contribution >= 4 is 17.7 Å². The van der Waals surface area contributed by atoms with Crippen LogP contribution in [0.1, 0.15) is 59.3 Å². The van der Waals surface area contributed by atoms with Gasteiger partial charge in [0, 0.05) is 12.3 Å². The van der Waals surface area contributed by atoms with E-state index >= 15 is 0 Å². The molecular weight excluding hydrogens is 308 g/mol. The number of fused-ring (bicyclic) bond motifs is 1. The Morgan fingerprint density at radius 2 is 1.71 bits per heavy atom. The van der Waals surface area contributed by atoms with Gasteiger partial charge in [0.2, 0.25) is 0 Å². The molecule has 4 atom stereocenters. The molecule has 0 bridgehead atoms. The minimum atomic E-state index is -1.02. The van der Waals surface area contributed by atoms with E-state index in [0.717, 1.165) is 19.3 Å². The minimum Gasteiger partial charge on any atom is -0.468 e. The SMILES string of the molecule is COC(=O)C(C[C@@H]1C(=O)CC[C@@]2(C)[C@H](C)CCC[C@@]12C)C(=O)OC. The van der Waals surface area contributed by atoms with Gasteiger partial charge in [-0.15, -0.1) is 0 Å². The highest BCUT2D eigenvalue weighted by Crippen LogP contribution is 2.63. The summed E-state index contributed by atoms with van der Waals surface area (Å²) in [6.07, 6.45) is 4.82. The fraction of sp³-hybridized carbons (Fsp3) is 0.842. The summed E-state index contributed by atoms with van der Waals surface area (Å²) in [5, 5.41) is 0. The minimum absolute atomic E-state index is 0.0562. The van der Waals surface area contributed by atoms with E-state index in [0.29, 0.717) is 12.3 Å². The fourth-order valence-corrected chi connectivity index (χ4v) is 5.16. The Balaban J connectivity index is 2.36. The van der Waals surface area contributed by atoms with Crippen molar-refractivity contribution in [2.75, 3.05) is 14.2 Å². The molecule has 0 aliphatic heterocycles. The molecule has 2 aliphatic rings. The highest BCUT2D eigenvalue weighted by molar-refractivity contribution is 5.95. The van der Waals surface area contributed by atoms with Crippen molar-refractivity contribution in [2.24, 2.45) is 28.6 Å². The quantitative estimate of drug-likeness (QED) is 0.582. The molecule has 0 unspecified atom stereocenters. The van der Waals surface area contributed by atoms with Crippen molar-refractivity contribution < 1.29 is 23.9 Å². The summed E-state index contributed by atoms with van der Waals surface area (Å²) in [6, 6.07) is 0. The smallest absolute Gasteiger partial charge is 0.320 e. The standard InChI is InChI=1S/C19H30O5/c1-12-7-6-9-19(3)14(15(20)8-10-18(12,19)2)11-13(16(21)23-4)17(22)24-5/h12-14H,6-11H2,1-5H3/t12-,14-,18+,19+/m1/s1. The highest BCUT2D eigenvalue weighted by atomic mass is 16.5. The number of hydrogen-bond donors (Lipinski definition) is 0. The number of carbonyl (C=O) groups excluding carboxylic acids is 3. The van der Waals surface area contributed by atoms with Crippen LogP contribution in [0.3, 0.4) is 0 Å². The molecule has 2 saturated carbocycles. The summed E-state index contributed by atoms with van der Waals surface area (Å²) >= 11 is 0. The normalized spacial score (nSPS) is 36.2. The van der Waals surface area contributed by atoms with Gasteiger partial charge in [0.25, 0.3) is 0 Å². The van der Waals surface area contributed by atoms with E-state index in [1.165, 1.54) is 20.6 Å². The molecule has 5 nitrogen and oxygen atoms in total. The number of carbonyl (C=O) groups is 3. The van der Waals surface area contributed by atoms with Gasteiger partial charge in [-0.2, -0.15) is 0 Å². The van der Waals surface area contributed by atoms with Crippen LogP contribution in [0, 0.1) is 28.6 Å². The lowest BCUT2D eigenvalue weighted by molar-refractivity contribution is -0.166. The Morgan fingerprint density at radius 3 is 2.25 bits per heavy atom. The second kappa shape index (κ2) is 6.85. The first-order chi connectivity index (χ1) is 11.2. The third-order valence-electron chi connectivity index (χ3n) is 7.22. The van der Waals surface area contributed by atoms with Crippen LogP contribution in [0.2, 0.25) is 0 Å². The number of methoxy groups -OCH3 is 2. The van der Waals surface area contributed by atoms with E-state index in [1.807, 2.05) is 0 Å². The Labute approximate surface area is 144 Å². The topological polar surface area (TPSA) is 69.7 Å². The number of ether oxygens (including phenoxy) is 2. The lowest BCUT2D eigenvalue weighted by atomic mass is 9.44. The number of ketones is 1. The summed E-state index contributed by atoms with van der Waals surface area (Å²) in [6.45, 7) is 6.72. The van der Waals surface area contributed by atoms with Crippen molar-refractivity contribution in [3.63, 3.8) is 0 Å². The highest BCUT2D eigenvalue weighted by Gasteiger charge is 2.58. The number of esters is 2. The predicted molar refractivity (Wildman–Crippen MR) is 89.1 cm³/mol. The predicted octanol–water partition coefficient (Wildman–Crippen LogP) is 3.15. The second-order valence-corrected chi connectivity index (χ2v) is 7.98. The maximum Gasteiger partial charge on any atom is 0.320 e. The molecule has 136 valence electrons. The average molecular weight is 338 g/mol. The van der Waals surface area contributed by atoms with Gasteiger partial charge in [-0.3, -0.25) is 14.4 Å². The molecule has 2 rings (SSSR count). The number of hydrogen-bond acceptors (Lipinski definition) is 5. The van der Waals surface area contributed by atoms with Crippen LogP contribution in [-0.4, -0.2) is 31.9 Å². The van der Waals surface area contributed by atoms with Crippen LogP contribution in [0.5, 0.6) is 0 Å². The van der Waals surface area contributed by atoms with Crippen LogP contribution < -0.4 is 0 Å². The molecule has 0 aromatic carbocycles. The molecule has 0 heterocycles. The average Bonchev–Trinajstić information content (AvgIpc) is 2.56. The maximum absolute atomic E-state index is 12.8. The van der Waals surface area contributed by atoms with E-state index in [1.54, 1.807) is 0 Å². The molecule has 24 heavy (non-hydrogen) atoms. The van der Waals surface area contributed by atoms with Crippen LogP contribution in [0.4, 0.5) is 0 Å². The summed E-state index contributed by atoms with van der Waals surface area (Å²) in [7, 11) is 2.52.